The van der Waals surface area contributed by atoms with Gasteiger partial charge in [0.2, 0.25) is 6.33 Å². The lowest BCUT2D eigenvalue weighted by molar-refractivity contribution is -0.374. The lowest BCUT2D eigenvalue weighted by atomic mass is 10.3. The summed E-state index contributed by atoms with van der Waals surface area (Å²) in [5, 5.41) is 0. The summed E-state index contributed by atoms with van der Waals surface area (Å²) in [5.41, 5.74) is 0.991. The molecule has 72 valence electrons. The standard InChI is InChI=1S/C8H5IN4.HI/c9-7-1-2-10-3-6(7)8-12-4-11-5-13-8;/h1-5H;1H. The van der Waals surface area contributed by atoms with Gasteiger partial charge >= 0.3 is 0 Å². The second-order valence-electron chi connectivity index (χ2n) is 2.37. The van der Waals surface area contributed by atoms with E-state index in [1.54, 1.807) is 18.7 Å². The SMILES string of the molecule is Ic1ccncc1-c1ncnc[nH+]1.[I-]. The number of halogens is 2. The molecular weight excluding hydrogens is 406 g/mol. The molecule has 0 saturated carbocycles. The van der Waals surface area contributed by atoms with Crippen LogP contribution in [0.15, 0.2) is 31.1 Å². The van der Waals surface area contributed by atoms with E-state index in [4.69, 9.17) is 0 Å². The Morgan fingerprint density at radius 3 is 2.79 bits per heavy atom. The molecule has 6 heteroatoms. The van der Waals surface area contributed by atoms with Crippen molar-refractivity contribution in [3.8, 4) is 11.4 Å². The predicted molar refractivity (Wildman–Crippen MR) is 54.5 cm³/mol. The molecule has 2 rings (SSSR count). The van der Waals surface area contributed by atoms with Crippen LogP contribution >= 0.6 is 22.6 Å². The number of pyridine rings is 1. The minimum absolute atomic E-state index is 0. The summed E-state index contributed by atoms with van der Waals surface area (Å²) in [6.07, 6.45) is 6.65. The van der Waals surface area contributed by atoms with Gasteiger partial charge in [0.05, 0.1) is 5.56 Å². The Kier molecular flexibility index (Phi) is 4.58. The summed E-state index contributed by atoms with van der Waals surface area (Å²) in [6.45, 7) is 0. The van der Waals surface area contributed by atoms with Gasteiger partial charge in [-0.05, 0) is 28.7 Å². The van der Waals surface area contributed by atoms with Crippen LogP contribution in [0.5, 0.6) is 0 Å². The Hall–Kier alpha value is -0.380. The molecule has 0 radical (unpaired) electrons. The van der Waals surface area contributed by atoms with Crippen molar-refractivity contribution in [2.24, 2.45) is 0 Å². The molecule has 0 aromatic carbocycles. The van der Waals surface area contributed by atoms with Crippen molar-refractivity contribution < 1.29 is 29.0 Å². The van der Waals surface area contributed by atoms with Gasteiger partial charge in [-0.3, -0.25) is 4.98 Å². The van der Waals surface area contributed by atoms with Crippen LogP contribution in [0.1, 0.15) is 0 Å². The predicted octanol–water partition coefficient (Wildman–Crippen LogP) is -2.04. The first kappa shape index (κ1) is 11.7. The van der Waals surface area contributed by atoms with E-state index in [0.717, 1.165) is 15.0 Å². The third-order valence-corrected chi connectivity index (χ3v) is 2.49. The van der Waals surface area contributed by atoms with Gasteiger partial charge < -0.3 is 24.0 Å². The van der Waals surface area contributed by atoms with Crippen molar-refractivity contribution in [1.82, 2.24) is 15.0 Å². The lowest BCUT2D eigenvalue weighted by Crippen LogP contribution is -3.00. The highest BCUT2D eigenvalue weighted by atomic mass is 127. The van der Waals surface area contributed by atoms with Crippen LogP contribution in [0, 0.1) is 3.57 Å². The number of nitrogens with one attached hydrogen (secondary N) is 1. The molecule has 0 spiro atoms. The Labute approximate surface area is 112 Å². The molecule has 0 saturated heterocycles. The number of H-pyrrole nitrogens is 1. The van der Waals surface area contributed by atoms with Crippen LogP contribution in [0.4, 0.5) is 0 Å². The van der Waals surface area contributed by atoms with E-state index in [-0.39, 0.29) is 24.0 Å². The van der Waals surface area contributed by atoms with Gasteiger partial charge in [0, 0.05) is 16.0 Å². The van der Waals surface area contributed by atoms with Crippen molar-refractivity contribution in [2.45, 2.75) is 0 Å². The zero-order chi connectivity index (χ0) is 9.10. The van der Waals surface area contributed by atoms with Crippen molar-refractivity contribution in [3.63, 3.8) is 0 Å². The first-order chi connectivity index (χ1) is 6.38. The number of aromatic nitrogens is 4. The van der Waals surface area contributed by atoms with E-state index in [1.165, 1.54) is 6.33 Å². The van der Waals surface area contributed by atoms with Crippen molar-refractivity contribution >= 4 is 22.6 Å². The Morgan fingerprint density at radius 2 is 2.14 bits per heavy atom. The van der Waals surface area contributed by atoms with E-state index in [0.29, 0.717) is 0 Å². The summed E-state index contributed by atoms with van der Waals surface area (Å²) < 4.78 is 1.11. The summed E-state index contributed by atoms with van der Waals surface area (Å²) in [7, 11) is 0. The maximum absolute atomic E-state index is 4.10. The molecule has 2 heterocycles. The van der Waals surface area contributed by atoms with Crippen LogP contribution in [-0.4, -0.2) is 15.0 Å². The number of nitrogens with zero attached hydrogens (tertiary/aromatic N) is 3. The number of rotatable bonds is 1. The number of aromatic amines is 1. The maximum Gasteiger partial charge on any atom is 0.273 e. The summed E-state index contributed by atoms with van der Waals surface area (Å²) >= 11 is 2.24. The fraction of sp³-hybridized carbons (Fsp3) is 0. The maximum atomic E-state index is 4.10. The van der Waals surface area contributed by atoms with Crippen molar-refractivity contribution in [1.29, 1.82) is 0 Å². The minimum atomic E-state index is 0. The molecule has 0 fully saturated rings. The topological polar surface area (TPSA) is 52.8 Å². The number of hydrogen-bond donors (Lipinski definition) is 0. The van der Waals surface area contributed by atoms with Gasteiger partial charge in [-0.25, -0.2) is 4.98 Å². The van der Waals surface area contributed by atoms with E-state index in [9.17, 15) is 0 Å². The van der Waals surface area contributed by atoms with Crippen LogP contribution in [-0.2, 0) is 0 Å². The van der Waals surface area contributed by atoms with Gasteiger partial charge in [0.15, 0.2) is 0 Å². The van der Waals surface area contributed by atoms with Crippen LogP contribution in [0.25, 0.3) is 11.4 Å². The van der Waals surface area contributed by atoms with E-state index >= 15 is 0 Å². The first-order valence-corrected chi connectivity index (χ1v) is 4.73. The second kappa shape index (κ2) is 5.49. The summed E-state index contributed by atoms with van der Waals surface area (Å²) in [4.78, 5) is 14.9. The molecule has 0 atom stereocenters. The van der Waals surface area contributed by atoms with E-state index < -0.39 is 0 Å². The fourth-order valence-corrected chi connectivity index (χ4v) is 1.51. The first-order valence-electron chi connectivity index (χ1n) is 3.65. The molecule has 0 aliphatic carbocycles. The van der Waals surface area contributed by atoms with E-state index in [2.05, 4.69) is 42.5 Å². The molecule has 1 N–H and O–H groups in total. The Morgan fingerprint density at radius 1 is 1.29 bits per heavy atom. The molecule has 2 aromatic heterocycles. The molecule has 0 aliphatic rings. The van der Waals surface area contributed by atoms with Gasteiger partial charge in [-0.2, -0.15) is 0 Å². The molecule has 0 unspecified atom stereocenters. The summed E-state index contributed by atoms with van der Waals surface area (Å²) in [6, 6.07) is 1.94. The zero-order valence-electron chi connectivity index (χ0n) is 6.98. The van der Waals surface area contributed by atoms with Crippen molar-refractivity contribution in [2.75, 3.05) is 0 Å². The molecular formula is C8H6I2N4. The van der Waals surface area contributed by atoms with Gasteiger partial charge in [0.25, 0.3) is 12.2 Å². The molecule has 0 aliphatic heterocycles. The molecule has 0 amide bonds. The molecule has 4 nitrogen and oxygen atoms in total. The van der Waals surface area contributed by atoms with Crippen molar-refractivity contribution in [3.05, 3.63) is 34.7 Å². The highest BCUT2D eigenvalue weighted by Crippen LogP contribution is 2.17. The molecule has 2 aromatic rings. The van der Waals surface area contributed by atoms with Gasteiger partial charge in [-0.1, -0.05) is 9.97 Å². The average molecular weight is 412 g/mol. The largest absolute Gasteiger partial charge is 1.00 e. The smallest absolute Gasteiger partial charge is 0.273 e. The molecule has 14 heavy (non-hydrogen) atoms. The monoisotopic (exact) mass is 412 g/mol. The van der Waals surface area contributed by atoms with Crippen LogP contribution in [0.2, 0.25) is 0 Å². The summed E-state index contributed by atoms with van der Waals surface area (Å²) in [5.74, 6) is 0.785. The van der Waals surface area contributed by atoms with E-state index in [1.807, 2.05) is 6.07 Å². The third kappa shape index (κ3) is 2.56. The lowest BCUT2D eigenvalue weighted by Gasteiger charge is -1.95. The quantitative estimate of drug-likeness (QED) is 0.508. The molecule has 0 bridgehead atoms. The van der Waals surface area contributed by atoms with Crippen LogP contribution in [0.3, 0.4) is 0 Å². The Bertz CT molecular complexity index is 407. The highest BCUT2D eigenvalue weighted by molar-refractivity contribution is 14.1. The normalized spacial score (nSPS) is 9.21. The van der Waals surface area contributed by atoms with Gasteiger partial charge in [0.1, 0.15) is 0 Å². The fourth-order valence-electron chi connectivity index (χ4n) is 0.959. The Balaban J connectivity index is 0.000000980. The van der Waals surface area contributed by atoms with Gasteiger partial charge in [-0.15, -0.1) is 0 Å². The van der Waals surface area contributed by atoms with Crippen LogP contribution < -0.4 is 29.0 Å². The highest BCUT2D eigenvalue weighted by Gasteiger charge is 2.08. The zero-order valence-corrected chi connectivity index (χ0v) is 11.3. The number of hydrogen-bond acceptors (Lipinski definition) is 3. The minimum Gasteiger partial charge on any atom is -1.00 e. The average Bonchev–Trinajstić information content (AvgIpc) is 2.20. The third-order valence-electron chi connectivity index (χ3n) is 1.55. The second-order valence-corrected chi connectivity index (χ2v) is 3.53.